The number of benzene rings is 2. The van der Waals surface area contributed by atoms with Gasteiger partial charge in [-0.2, -0.15) is 4.98 Å². The highest BCUT2D eigenvalue weighted by Crippen LogP contribution is 2.29. The first-order chi connectivity index (χ1) is 13.6. The standard InChI is InChI=1S/C21H20FN3O3/c1-14-7-9-15(10-8-14)20(26)25-11-3-4-16(13-25)19-23-21(24-28-19)27-18-6-2-5-17(22)12-18/h2,5-10,12,16H,3-4,11,13H2,1H3/t16-/m0/s1. The van der Waals surface area contributed by atoms with Crippen molar-refractivity contribution in [3.8, 4) is 11.8 Å². The normalized spacial score (nSPS) is 16.8. The summed E-state index contributed by atoms with van der Waals surface area (Å²) in [6.07, 6.45) is 1.70. The lowest BCUT2D eigenvalue weighted by atomic mass is 9.97. The highest BCUT2D eigenvalue weighted by atomic mass is 19.1. The monoisotopic (exact) mass is 381 g/mol. The second-order valence-electron chi connectivity index (χ2n) is 6.93. The number of nitrogens with zero attached hydrogens (tertiary/aromatic N) is 3. The summed E-state index contributed by atoms with van der Waals surface area (Å²) in [6, 6.07) is 13.3. The van der Waals surface area contributed by atoms with E-state index in [2.05, 4.69) is 10.1 Å². The van der Waals surface area contributed by atoms with Crippen LogP contribution in [0.4, 0.5) is 4.39 Å². The number of rotatable bonds is 4. The third-order valence-corrected chi connectivity index (χ3v) is 4.78. The van der Waals surface area contributed by atoms with Crippen LogP contribution in [0.2, 0.25) is 0 Å². The van der Waals surface area contributed by atoms with Crippen LogP contribution in [-0.4, -0.2) is 34.0 Å². The minimum absolute atomic E-state index is 0.000416. The Bertz CT molecular complexity index is 971. The van der Waals surface area contributed by atoms with Crippen molar-refractivity contribution in [3.05, 3.63) is 71.4 Å². The molecule has 0 radical (unpaired) electrons. The molecule has 1 saturated heterocycles. The molecule has 0 bridgehead atoms. The number of ether oxygens (including phenoxy) is 1. The van der Waals surface area contributed by atoms with Gasteiger partial charge in [0.05, 0.1) is 5.92 Å². The summed E-state index contributed by atoms with van der Waals surface area (Å²) in [5.74, 6) is 0.264. The number of piperidine rings is 1. The van der Waals surface area contributed by atoms with E-state index in [1.165, 1.54) is 12.1 Å². The summed E-state index contributed by atoms with van der Waals surface area (Å²) in [4.78, 5) is 18.9. The van der Waals surface area contributed by atoms with E-state index < -0.39 is 5.82 Å². The molecule has 3 aromatic rings. The van der Waals surface area contributed by atoms with Gasteiger partial charge < -0.3 is 14.2 Å². The highest BCUT2D eigenvalue weighted by molar-refractivity contribution is 5.94. The van der Waals surface area contributed by atoms with E-state index >= 15 is 0 Å². The second-order valence-corrected chi connectivity index (χ2v) is 6.93. The van der Waals surface area contributed by atoms with Crippen LogP contribution in [0.15, 0.2) is 53.1 Å². The topological polar surface area (TPSA) is 68.5 Å². The van der Waals surface area contributed by atoms with E-state index in [4.69, 9.17) is 9.26 Å². The predicted octanol–water partition coefficient (Wildman–Crippen LogP) is 4.33. The molecule has 1 aliphatic rings. The van der Waals surface area contributed by atoms with Crippen LogP contribution < -0.4 is 4.74 Å². The zero-order chi connectivity index (χ0) is 19.5. The molecule has 7 heteroatoms. The largest absolute Gasteiger partial charge is 0.422 e. The lowest BCUT2D eigenvalue weighted by molar-refractivity contribution is 0.0695. The molecule has 2 aromatic carbocycles. The third kappa shape index (κ3) is 4.03. The Labute approximate surface area is 161 Å². The number of likely N-dealkylation sites (tertiary alicyclic amines) is 1. The number of halogens is 1. The summed E-state index contributed by atoms with van der Waals surface area (Å²) >= 11 is 0. The molecule has 0 N–H and O–H groups in total. The fraction of sp³-hybridized carbons (Fsp3) is 0.286. The van der Waals surface area contributed by atoms with E-state index in [1.54, 1.807) is 12.1 Å². The van der Waals surface area contributed by atoms with Gasteiger partial charge in [-0.15, -0.1) is 0 Å². The Kier molecular flexibility index (Phi) is 5.06. The number of carbonyl (C=O) groups is 1. The molecule has 0 unspecified atom stereocenters. The third-order valence-electron chi connectivity index (χ3n) is 4.78. The van der Waals surface area contributed by atoms with E-state index in [0.717, 1.165) is 18.4 Å². The summed E-state index contributed by atoms with van der Waals surface area (Å²) < 4.78 is 24.1. The summed E-state index contributed by atoms with van der Waals surface area (Å²) in [5, 5.41) is 3.82. The molecule has 28 heavy (non-hydrogen) atoms. The van der Waals surface area contributed by atoms with Crippen molar-refractivity contribution in [2.45, 2.75) is 25.7 Å². The summed E-state index contributed by atoms with van der Waals surface area (Å²) in [6.45, 7) is 3.20. The van der Waals surface area contributed by atoms with E-state index in [1.807, 2.05) is 36.1 Å². The van der Waals surface area contributed by atoms with Crippen LogP contribution in [0.5, 0.6) is 11.8 Å². The SMILES string of the molecule is Cc1ccc(C(=O)N2CCC[C@H](c3nc(Oc4cccc(F)c4)no3)C2)cc1. The van der Waals surface area contributed by atoms with E-state index in [-0.39, 0.29) is 17.8 Å². The second kappa shape index (κ2) is 7.80. The number of aryl methyl sites for hydroxylation is 1. The molecule has 1 atom stereocenters. The number of amides is 1. The van der Waals surface area contributed by atoms with Gasteiger partial charge in [0.2, 0.25) is 5.89 Å². The smallest absolute Gasteiger partial charge is 0.359 e. The minimum atomic E-state index is -0.404. The van der Waals surface area contributed by atoms with Crippen LogP contribution in [0, 0.1) is 12.7 Å². The Hall–Kier alpha value is -3.22. The average molecular weight is 381 g/mol. The van der Waals surface area contributed by atoms with Gasteiger partial charge >= 0.3 is 6.01 Å². The van der Waals surface area contributed by atoms with Gasteiger partial charge in [-0.1, -0.05) is 23.8 Å². The molecule has 1 aliphatic heterocycles. The fourth-order valence-electron chi connectivity index (χ4n) is 3.31. The first-order valence-corrected chi connectivity index (χ1v) is 9.21. The molecule has 0 saturated carbocycles. The van der Waals surface area contributed by atoms with Crippen LogP contribution in [0.25, 0.3) is 0 Å². The molecular formula is C21H20FN3O3. The predicted molar refractivity (Wildman–Crippen MR) is 99.8 cm³/mol. The van der Waals surface area contributed by atoms with Crippen molar-refractivity contribution >= 4 is 5.91 Å². The number of aromatic nitrogens is 2. The van der Waals surface area contributed by atoms with Crippen molar-refractivity contribution in [3.63, 3.8) is 0 Å². The van der Waals surface area contributed by atoms with Gasteiger partial charge in [0.1, 0.15) is 11.6 Å². The molecule has 6 nitrogen and oxygen atoms in total. The minimum Gasteiger partial charge on any atom is -0.422 e. The van der Waals surface area contributed by atoms with Crippen molar-refractivity contribution in [1.29, 1.82) is 0 Å². The van der Waals surface area contributed by atoms with E-state index in [9.17, 15) is 9.18 Å². The maximum Gasteiger partial charge on any atom is 0.359 e. The zero-order valence-electron chi connectivity index (χ0n) is 15.5. The number of hydrogen-bond donors (Lipinski definition) is 0. The molecule has 144 valence electrons. The van der Waals surface area contributed by atoms with Crippen molar-refractivity contribution in [2.24, 2.45) is 0 Å². The van der Waals surface area contributed by atoms with Crippen molar-refractivity contribution < 1.29 is 18.4 Å². The Morgan fingerprint density at radius 3 is 2.86 bits per heavy atom. The Balaban J connectivity index is 1.44. The van der Waals surface area contributed by atoms with Gasteiger partial charge in [-0.25, -0.2) is 4.39 Å². The van der Waals surface area contributed by atoms with Gasteiger partial charge in [0.25, 0.3) is 5.91 Å². The Morgan fingerprint density at radius 1 is 1.25 bits per heavy atom. The fourth-order valence-corrected chi connectivity index (χ4v) is 3.31. The molecule has 1 amide bonds. The maximum atomic E-state index is 13.3. The van der Waals surface area contributed by atoms with Gasteiger partial charge in [0.15, 0.2) is 0 Å². The van der Waals surface area contributed by atoms with Gasteiger partial charge in [-0.05, 0) is 49.2 Å². The summed E-state index contributed by atoms with van der Waals surface area (Å²) in [5.41, 5.74) is 1.79. The summed E-state index contributed by atoms with van der Waals surface area (Å²) in [7, 11) is 0. The lowest BCUT2D eigenvalue weighted by Crippen LogP contribution is -2.39. The lowest BCUT2D eigenvalue weighted by Gasteiger charge is -2.31. The van der Waals surface area contributed by atoms with Crippen molar-refractivity contribution in [1.82, 2.24) is 15.0 Å². The molecule has 0 aliphatic carbocycles. The van der Waals surface area contributed by atoms with Gasteiger partial charge in [0, 0.05) is 24.7 Å². The van der Waals surface area contributed by atoms with Crippen LogP contribution in [0.3, 0.4) is 0 Å². The highest BCUT2D eigenvalue weighted by Gasteiger charge is 2.29. The number of hydrogen-bond acceptors (Lipinski definition) is 5. The molecular weight excluding hydrogens is 361 g/mol. The average Bonchev–Trinajstić information content (AvgIpc) is 3.17. The zero-order valence-corrected chi connectivity index (χ0v) is 15.5. The Morgan fingerprint density at radius 2 is 2.07 bits per heavy atom. The van der Waals surface area contributed by atoms with Crippen LogP contribution in [-0.2, 0) is 0 Å². The first-order valence-electron chi connectivity index (χ1n) is 9.21. The van der Waals surface area contributed by atoms with Gasteiger partial charge in [-0.3, -0.25) is 4.79 Å². The molecule has 1 fully saturated rings. The molecule has 2 heterocycles. The molecule has 4 rings (SSSR count). The maximum absolute atomic E-state index is 13.3. The first kappa shape index (κ1) is 18.2. The number of carbonyl (C=O) groups excluding carboxylic acids is 1. The van der Waals surface area contributed by atoms with Crippen LogP contribution in [0.1, 0.15) is 40.6 Å². The van der Waals surface area contributed by atoms with Crippen LogP contribution >= 0.6 is 0 Å². The molecule has 1 aromatic heterocycles. The molecule has 0 spiro atoms. The quantitative estimate of drug-likeness (QED) is 0.673. The van der Waals surface area contributed by atoms with Crippen molar-refractivity contribution in [2.75, 3.05) is 13.1 Å². The van der Waals surface area contributed by atoms with E-state index in [0.29, 0.717) is 30.3 Å².